The van der Waals surface area contributed by atoms with E-state index in [-0.39, 0.29) is 26.4 Å². The number of hydrogen-bond donors (Lipinski definition) is 1. The lowest BCUT2D eigenvalue weighted by molar-refractivity contribution is -0.135. The van der Waals surface area contributed by atoms with E-state index in [2.05, 4.69) is 0 Å². The first kappa shape index (κ1) is 20.2. The van der Waals surface area contributed by atoms with Crippen LogP contribution in [0.25, 0.3) is 0 Å². The van der Waals surface area contributed by atoms with Crippen LogP contribution in [0.3, 0.4) is 0 Å². The van der Waals surface area contributed by atoms with Gasteiger partial charge in [-0.1, -0.05) is 23.2 Å². The van der Waals surface area contributed by atoms with Crippen LogP contribution in [0.2, 0.25) is 10.0 Å². The summed E-state index contributed by atoms with van der Waals surface area (Å²) in [6.45, 7) is -0.852. The summed E-state index contributed by atoms with van der Waals surface area (Å²) in [7, 11) is -1.62. The molecule has 7 nitrogen and oxygen atoms in total. The van der Waals surface area contributed by atoms with Gasteiger partial charge in [-0.15, -0.1) is 0 Å². The molecule has 0 aliphatic rings. The topological polar surface area (TPSA) is 93.1 Å². The van der Waals surface area contributed by atoms with Gasteiger partial charge >= 0.3 is 5.97 Å². The number of carboxylic acids is 1. The number of hydrogen-bond acceptors (Lipinski definition) is 5. The number of carboxylic acid groups (broad SMARTS) is 1. The van der Waals surface area contributed by atoms with E-state index in [9.17, 15) is 18.3 Å². The maximum Gasteiger partial charge on any atom is 0.324 e. The fourth-order valence-corrected chi connectivity index (χ4v) is 4.36. The Bertz CT molecular complexity index is 932. The number of sulfonamides is 1. The molecule has 26 heavy (non-hydrogen) atoms. The molecule has 0 atom stereocenters. The summed E-state index contributed by atoms with van der Waals surface area (Å²) < 4.78 is 37.2. The summed E-state index contributed by atoms with van der Waals surface area (Å²) in [5.41, 5.74) is -0.00899. The van der Waals surface area contributed by atoms with Gasteiger partial charge in [0, 0.05) is 11.1 Å². The lowest BCUT2D eigenvalue weighted by Crippen LogP contribution is -2.36. The number of anilines is 1. The van der Waals surface area contributed by atoms with Gasteiger partial charge in [-0.2, -0.15) is 0 Å². The number of halogens is 2. The second-order valence-electron chi connectivity index (χ2n) is 5.02. The van der Waals surface area contributed by atoms with Crippen LogP contribution in [0.4, 0.5) is 5.69 Å². The van der Waals surface area contributed by atoms with E-state index in [1.165, 1.54) is 38.5 Å². The average molecular weight is 420 g/mol. The number of nitrogens with zero attached hydrogens (tertiary/aromatic N) is 1. The number of benzene rings is 2. The first-order valence-electron chi connectivity index (χ1n) is 7.12. The third-order valence-electron chi connectivity index (χ3n) is 3.39. The summed E-state index contributed by atoms with van der Waals surface area (Å²) in [6, 6.07) is 8.28. The molecule has 140 valence electrons. The van der Waals surface area contributed by atoms with Crippen LogP contribution in [0.1, 0.15) is 0 Å². The van der Waals surface area contributed by atoms with Crippen LogP contribution in [-0.4, -0.2) is 40.3 Å². The predicted molar refractivity (Wildman–Crippen MR) is 98.2 cm³/mol. The molecule has 0 radical (unpaired) electrons. The summed E-state index contributed by atoms with van der Waals surface area (Å²) >= 11 is 11.9. The molecule has 0 fully saturated rings. The van der Waals surface area contributed by atoms with Crippen molar-refractivity contribution in [2.75, 3.05) is 25.1 Å². The molecule has 0 spiro atoms. The molecule has 0 saturated carbocycles. The largest absolute Gasteiger partial charge is 0.497 e. The normalized spacial score (nSPS) is 11.1. The van der Waals surface area contributed by atoms with Crippen molar-refractivity contribution < 1.29 is 27.8 Å². The fourth-order valence-electron chi connectivity index (χ4n) is 2.21. The van der Waals surface area contributed by atoms with E-state index >= 15 is 0 Å². The Morgan fingerprint density at radius 3 is 2.38 bits per heavy atom. The zero-order valence-electron chi connectivity index (χ0n) is 13.8. The fraction of sp³-hybridized carbons (Fsp3) is 0.188. The number of ether oxygens (including phenoxy) is 2. The molecule has 0 aliphatic carbocycles. The number of carbonyl (C=O) groups is 1. The van der Waals surface area contributed by atoms with Gasteiger partial charge in [-0.3, -0.25) is 9.10 Å². The quantitative estimate of drug-likeness (QED) is 0.739. The third-order valence-corrected chi connectivity index (χ3v) is 5.87. The molecule has 2 aromatic rings. The number of aliphatic carboxylic acids is 1. The maximum atomic E-state index is 13.1. The molecule has 1 N–H and O–H groups in total. The van der Waals surface area contributed by atoms with E-state index in [1.807, 2.05) is 0 Å². The summed E-state index contributed by atoms with van der Waals surface area (Å²) in [6.07, 6.45) is 0. The van der Waals surface area contributed by atoms with Gasteiger partial charge in [-0.05, 0) is 30.3 Å². The van der Waals surface area contributed by atoms with Crippen LogP contribution in [0.15, 0.2) is 41.3 Å². The van der Waals surface area contributed by atoms with Gasteiger partial charge in [0.15, 0.2) is 0 Å². The zero-order valence-corrected chi connectivity index (χ0v) is 16.1. The van der Waals surface area contributed by atoms with Crippen molar-refractivity contribution in [2.45, 2.75) is 4.90 Å². The molecule has 0 saturated heterocycles. The molecular weight excluding hydrogens is 405 g/mol. The van der Waals surface area contributed by atoms with Gasteiger partial charge in [0.1, 0.15) is 22.9 Å². The monoisotopic (exact) mass is 419 g/mol. The molecular formula is C16H15Cl2NO6S. The van der Waals surface area contributed by atoms with Crippen molar-refractivity contribution in [1.82, 2.24) is 0 Å². The Labute approximate surface area is 160 Å². The van der Waals surface area contributed by atoms with Gasteiger partial charge in [0.2, 0.25) is 0 Å². The van der Waals surface area contributed by atoms with Crippen LogP contribution in [0, 0.1) is 0 Å². The zero-order chi connectivity index (χ0) is 19.5. The molecule has 0 aliphatic heterocycles. The average Bonchev–Trinajstić information content (AvgIpc) is 2.60. The van der Waals surface area contributed by atoms with Crippen molar-refractivity contribution in [1.29, 1.82) is 0 Å². The van der Waals surface area contributed by atoms with Crippen LogP contribution >= 0.6 is 23.2 Å². The second kappa shape index (κ2) is 8.03. The van der Waals surface area contributed by atoms with E-state index in [0.29, 0.717) is 10.1 Å². The standard InChI is InChI=1S/C16H15Cl2NO6S/c1-24-11-4-6-14(25-2)13(8-11)19(9-16(20)21)26(22,23)15-7-10(17)3-5-12(15)18/h3-8H,9H2,1-2H3,(H,20,21). The Kier molecular flexibility index (Phi) is 6.22. The van der Waals surface area contributed by atoms with Crippen LogP contribution in [-0.2, 0) is 14.8 Å². The Morgan fingerprint density at radius 2 is 1.81 bits per heavy atom. The third kappa shape index (κ3) is 4.14. The molecule has 0 amide bonds. The lowest BCUT2D eigenvalue weighted by Gasteiger charge is -2.25. The Balaban J connectivity index is 2.72. The molecule has 0 unspecified atom stereocenters. The number of methoxy groups -OCH3 is 2. The highest BCUT2D eigenvalue weighted by molar-refractivity contribution is 7.93. The molecule has 0 heterocycles. The molecule has 0 bridgehead atoms. The maximum absolute atomic E-state index is 13.1. The van der Waals surface area contributed by atoms with Crippen molar-refractivity contribution in [3.63, 3.8) is 0 Å². The van der Waals surface area contributed by atoms with Crippen molar-refractivity contribution in [2.24, 2.45) is 0 Å². The highest BCUT2D eigenvalue weighted by Gasteiger charge is 2.31. The van der Waals surface area contributed by atoms with Crippen molar-refractivity contribution >= 4 is 44.9 Å². The number of rotatable bonds is 7. The van der Waals surface area contributed by atoms with E-state index in [1.54, 1.807) is 6.07 Å². The van der Waals surface area contributed by atoms with E-state index in [0.717, 1.165) is 6.07 Å². The summed E-state index contributed by atoms with van der Waals surface area (Å²) in [4.78, 5) is 11.0. The first-order chi connectivity index (χ1) is 12.2. The van der Waals surface area contributed by atoms with Gasteiger partial charge in [-0.25, -0.2) is 8.42 Å². The van der Waals surface area contributed by atoms with E-state index in [4.69, 9.17) is 32.7 Å². The highest BCUT2D eigenvalue weighted by Crippen LogP contribution is 2.37. The van der Waals surface area contributed by atoms with Crippen LogP contribution < -0.4 is 13.8 Å². The van der Waals surface area contributed by atoms with Crippen molar-refractivity contribution in [3.05, 3.63) is 46.4 Å². The predicted octanol–water partition coefficient (Wildman–Crippen LogP) is 3.29. The minimum atomic E-state index is -4.36. The first-order valence-corrected chi connectivity index (χ1v) is 9.32. The summed E-state index contributed by atoms with van der Waals surface area (Å²) in [5, 5.41) is 9.28. The minimum Gasteiger partial charge on any atom is -0.497 e. The molecule has 2 aromatic carbocycles. The second-order valence-corrected chi connectivity index (χ2v) is 7.69. The van der Waals surface area contributed by atoms with Crippen molar-refractivity contribution in [3.8, 4) is 11.5 Å². The van der Waals surface area contributed by atoms with Gasteiger partial charge in [0.25, 0.3) is 10.0 Å². The molecule has 0 aromatic heterocycles. The SMILES string of the molecule is COc1ccc(OC)c(N(CC(=O)O)S(=O)(=O)c2cc(Cl)ccc2Cl)c1. The smallest absolute Gasteiger partial charge is 0.324 e. The highest BCUT2D eigenvalue weighted by atomic mass is 35.5. The Hall–Kier alpha value is -2.16. The van der Waals surface area contributed by atoms with Crippen LogP contribution in [0.5, 0.6) is 11.5 Å². The lowest BCUT2D eigenvalue weighted by atomic mass is 10.2. The Morgan fingerprint density at radius 1 is 1.12 bits per heavy atom. The molecule has 2 rings (SSSR count). The molecule has 10 heteroatoms. The van der Waals surface area contributed by atoms with Gasteiger partial charge in [0.05, 0.1) is 24.9 Å². The van der Waals surface area contributed by atoms with Gasteiger partial charge < -0.3 is 14.6 Å². The summed E-state index contributed by atoms with van der Waals surface area (Å²) in [5.74, 6) is -0.894. The minimum absolute atomic E-state index is 0.00899. The van der Waals surface area contributed by atoms with E-state index < -0.39 is 22.5 Å².